The number of ether oxygens (including phenoxy) is 1. The first kappa shape index (κ1) is 18.8. The molecule has 1 saturated carbocycles. The van der Waals surface area contributed by atoms with Gasteiger partial charge in [0.1, 0.15) is 6.54 Å². The van der Waals surface area contributed by atoms with E-state index in [4.69, 9.17) is 4.74 Å². The van der Waals surface area contributed by atoms with Crippen LogP contribution in [0.4, 0.5) is 11.4 Å². The molecule has 150 valence electrons. The van der Waals surface area contributed by atoms with E-state index in [1.807, 2.05) is 12.2 Å². The second-order valence-corrected chi connectivity index (χ2v) is 7.28. The van der Waals surface area contributed by atoms with Gasteiger partial charge in [0.25, 0.3) is 11.6 Å². The molecule has 2 aliphatic carbocycles. The van der Waals surface area contributed by atoms with Gasteiger partial charge in [0.2, 0.25) is 11.8 Å². The number of non-ortho nitro benzene ring substituents is 1. The van der Waals surface area contributed by atoms with E-state index in [0.29, 0.717) is 0 Å². The number of imide groups is 1. The molecule has 1 heterocycles. The van der Waals surface area contributed by atoms with Gasteiger partial charge in [-0.25, -0.2) is 0 Å². The molecule has 10 heteroatoms. The summed E-state index contributed by atoms with van der Waals surface area (Å²) < 4.78 is 4.86. The fourth-order valence-electron chi connectivity index (χ4n) is 4.33. The van der Waals surface area contributed by atoms with Gasteiger partial charge >= 0.3 is 5.97 Å². The topological polar surface area (TPSA) is 136 Å². The summed E-state index contributed by atoms with van der Waals surface area (Å²) in [5.74, 6) is -3.01. The maximum atomic E-state index is 12.5. The molecule has 1 aliphatic heterocycles. The molecule has 3 aliphatic rings. The van der Waals surface area contributed by atoms with Crippen LogP contribution in [-0.2, 0) is 23.9 Å². The third kappa shape index (κ3) is 3.37. The van der Waals surface area contributed by atoms with E-state index in [0.717, 1.165) is 11.3 Å². The Kier molecular flexibility index (Phi) is 4.61. The van der Waals surface area contributed by atoms with Crippen LogP contribution in [0.15, 0.2) is 36.4 Å². The van der Waals surface area contributed by atoms with E-state index in [1.165, 1.54) is 24.3 Å². The van der Waals surface area contributed by atoms with Crippen LogP contribution in [0.3, 0.4) is 0 Å². The van der Waals surface area contributed by atoms with Crippen LogP contribution in [0, 0.1) is 33.8 Å². The summed E-state index contributed by atoms with van der Waals surface area (Å²) in [6.07, 6.45) is 4.71. The number of nitro benzene ring substituents is 1. The second kappa shape index (κ2) is 7.12. The van der Waals surface area contributed by atoms with Crippen LogP contribution >= 0.6 is 0 Å². The van der Waals surface area contributed by atoms with Crippen LogP contribution in [-0.4, -0.2) is 46.7 Å². The predicted molar refractivity (Wildman–Crippen MR) is 97.1 cm³/mol. The zero-order valence-corrected chi connectivity index (χ0v) is 15.1. The van der Waals surface area contributed by atoms with Gasteiger partial charge in [-0.15, -0.1) is 0 Å². The summed E-state index contributed by atoms with van der Waals surface area (Å²) in [5, 5.41) is 13.1. The lowest BCUT2D eigenvalue weighted by Gasteiger charge is -2.16. The maximum Gasteiger partial charge on any atom is 0.326 e. The molecule has 1 N–H and O–H groups in total. The minimum absolute atomic E-state index is 0.0446. The van der Waals surface area contributed by atoms with Gasteiger partial charge in [-0.2, -0.15) is 0 Å². The average molecular weight is 399 g/mol. The van der Waals surface area contributed by atoms with Gasteiger partial charge in [0.15, 0.2) is 6.61 Å². The number of benzene rings is 1. The fourth-order valence-corrected chi connectivity index (χ4v) is 4.33. The zero-order chi connectivity index (χ0) is 20.7. The van der Waals surface area contributed by atoms with Gasteiger partial charge in [-0.05, 0) is 24.3 Å². The number of anilines is 1. The Bertz CT molecular complexity index is 927. The number of hydrogen-bond donors (Lipinski definition) is 1. The van der Waals surface area contributed by atoms with Crippen LogP contribution in [0.2, 0.25) is 0 Å². The third-order valence-electron chi connectivity index (χ3n) is 5.55. The molecular weight excluding hydrogens is 382 g/mol. The lowest BCUT2D eigenvalue weighted by Crippen LogP contribution is -2.38. The van der Waals surface area contributed by atoms with Crippen LogP contribution in [0.1, 0.15) is 6.42 Å². The van der Waals surface area contributed by atoms with Crippen molar-refractivity contribution in [2.24, 2.45) is 23.7 Å². The normalized spacial score (nSPS) is 26.6. The van der Waals surface area contributed by atoms with Gasteiger partial charge in [0, 0.05) is 17.8 Å². The number of carbonyl (C=O) groups is 4. The molecule has 1 saturated heterocycles. The van der Waals surface area contributed by atoms with Gasteiger partial charge < -0.3 is 10.1 Å². The molecule has 0 aromatic heterocycles. The highest BCUT2D eigenvalue weighted by molar-refractivity contribution is 6.08. The first-order valence-electron chi connectivity index (χ1n) is 9.08. The lowest BCUT2D eigenvalue weighted by atomic mass is 9.85. The number of nitrogens with zero attached hydrogens (tertiary/aromatic N) is 2. The van der Waals surface area contributed by atoms with Crippen molar-refractivity contribution >= 4 is 35.1 Å². The largest absolute Gasteiger partial charge is 0.454 e. The number of esters is 1. The molecule has 0 spiro atoms. The molecule has 3 amide bonds. The van der Waals surface area contributed by atoms with Crippen molar-refractivity contribution < 1.29 is 28.8 Å². The number of likely N-dealkylation sites (tertiary alicyclic amines) is 1. The zero-order valence-electron chi connectivity index (χ0n) is 15.1. The SMILES string of the molecule is O=C(COC(=O)CN1C(=O)[C@@H]2[C@@H](C1=O)[C@H]1C=C[C@H]2C1)Nc1cccc([N+](=O)[O-])c1. The summed E-state index contributed by atoms with van der Waals surface area (Å²) in [4.78, 5) is 60.0. The van der Waals surface area contributed by atoms with Crippen LogP contribution < -0.4 is 5.32 Å². The number of nitro groups is 1. The summed E-state index contributed by atoms with van der Waals surface area (Å²) in [6, 6.07) is 5.30. The molecule has 4 atom stereocenters. The Morgan fingerprint density at radius 1 is 1.17 bits per heavy atom. The number of amides is 3. The third-order valence-corrected chi connectivity index (χ3v) is 5.55. The van der Waals surface area contributed by atoms with E-state index >= 15 is 0 Å². The van der Waals surface area contributed by atoms with Gasteiger partial charge in [-0.3, -0.25) is 34.2 Å². The molecule has 0 radical (unpaired) electrons. The monoisotopic (exact) mass is 399 g/mol. The Labute approximate surface area is 164 Å². The Morgan fingerprint density at radius 3 is 2.45 bits per heavy atom. The van der Waals surface area contributed by atoms with Crippen LogP contribution in [0.25, 0.3) is 0 Å². The highest BCUT2D eigenvalue weighted by Gasteiger charge is 2.59. The second-order valence-electron chi connectivity index (χ2n) is 7.28. The van der Waals surface area contributed by atoms with Crippen molar-refractivity contribution in [1.29, 1.82) is 0 Å². The molecule has 10 nitrogen and oxygen atoms in total. The van der Waals surface area contributed by atoms with Crippen molar-refractivity contribution in [3.05, 3.63) is 46.5 Å². The van der Waals surface area contributed by atoms with E-state index in [-0.39, 0.29) is 35.0 Å². The minimum Gasteiger partial charge on any atom is -0.454 e. The van der Waals surface area contributed by atoms with Crippen molar-refractivity contribution in [2.75, 3.05) is 18.5 Å². The number of nitrogens with one attached hydrogen (secondary N) is 1. The standard InChI is InChI=1S/C19H17N3O7/c23-14(20-12-2-1-3-13(7-12)22(27)28)9-29-15(24)8-21-18(25)16-10-4-5-11(6-10)17(16)19(21)26/h1-5,7,10-11,16-17H,6,8-9H2,(H,20,23)/t10-,11-,16-,17-/m0/s1. The number of rotatable bonds is 6. The van der Waals surface area contributed by atoms with E-state index in [2.05, 4.69) is 5.32 Å². The Balaban J connectivity index is 1.29. The molecular formula is C19H17N3O7. The van der Waals surface area contributed by atoms with Crippen molar-refractivity contribution in [3.8, 4) is 0 Å². The number of hydrogen-bond acceptors (Lipinski definition) is 7. The molecule has 2 bridgehead atoms. The smallest absolute Gasteiger partial charge is 0.326 e. The van der Waals surface area contributed by atoms with E-state index < -0.39 is 41.8 Å². The molecule has 1 aromatic carbocycles. The Morgan fingerprint density at radius 2 is 1.83 bits per heavy atom. The quantitative estimate of drug-likeness (QED) is 0.247. The molecule has 1 aromatic rings. The van der Waals surface area contributed by atoms with E-state index in [9.17, 15) is 29.3 Å². The average Bonchev–Trinajstić information content (AvgIpc) is 3.37. The number of fused-ring (bicyclic) bond motifs is 5. The highest BCUT2D eigenvalue weighted by atomic mass is 16.6. The molecule has 0 unspecified atom stereocenters. The highest BCUT2D eigenvalue weighted by Crippen LogP contribution is 2.52. The molecule has 4 rings (SSSR count). The molecule has 2 fully saturated rings. The summed E-state index contributed by atoms with van der Waals surface area (Å²) in [7, 11) is 0. The van der Waals surface area contributed by atoms with Crippen molar-refractivity contribution in [1.82, 2.24) is 4.90 Å². The Hall–Kier alpha value is -3.56. The van der Waals surface area contributed by atoms with Crippen LogP contribution in [0.5, 0.6) is 0 Å². The minimum atomic E-state index is -0.874. The summed E-state index contributed by atoms with van der Waals surface area (Å²) in [5.41, 5.74) is -0.0131. The number of carbonyl (C=O) groups excluding carboxylic acids is 4. The van der Waals surface area contributed by atoms with Gasteiger partial charge in [-0.1, -0.05) is 18.2 Å². The summed E-state index contributed by atoms with van der Waals surface area (Å²) in [6.45, 7) is -1.17. The van der Waals surface area contributed by atoms with E-state index in [1.54, 1.807) is 0 Å². The van der Waals surface area contributed by atoms with Gasteiger partial charge in [0.05, 0.1) is 16.8 Å². The molecule has 29 heavy (non-hydrogen) atoms. The number of allylic oxidation sites excluding steroid dienone is 2. The summed E-state index contributed by atoms with van der Waals surface area (Å²) >= 11 is 0. The predicted octanol–water partition coefficient (Wildman–Crippen LogP) is 0.884. The first-order chi connectivity index (χ1) is 13.8. The first-order valence-corrected chi connectivity index (χ1v) is 9.08. The lowest BCUT2D eigenvalue weighted by molar-refractivity contribution is -0.384. The maximum absolute atomic E-state index is 12.5. The van der Waals surface area contributed by atoms with Crippen molar-refractivity contribution in [2.45, 2.75) is 6.42 Å². The van der Waals surface area contributed by atoms with Crippen molar-refractivity contribution in [3.63, 3.8) is 0 Å². The fraction of sp³-hybridized carbons (Fsp3) is 0.368.